The Bertz CT molecular complexity index is 719. The molecule has 0 aliphatic heterocycles. The molecule has 0 aromatic heterocycles. The summed E-state index contributed by atoms with van der Waals surface area (Å²) in [6.45, 7) is 0. The Morgan fingerprint density at radius 1 is 1.00 bits per heavy atom. The summed E-state index contributed by atoms with van der Waals surface area (Å²) in [5.74, 6) is -0.493. The summed E-state index contributed by atoms with van der Waals surface area (Å²) in [5.41, 5.74) is 8.57. The van der Waals surface area contributed by atoms with Crippen LogP contribution in [0.3, 0.4) is 0 Å². The number of phenolic OH excluding ortho intramolecular Hbond substituents is 3. The van der Waals surface area contributed by atoms with E-state index in [4.69, 9.17) is 5.73 Å². The van der Waals surface area contributed by atoms with E-state index in [-0.39, 0.29) is 29.7 Å². The van der Waals surface area contributed by atoms with Crippen LogP contribution in [-0.4, -0.2) is 27.6 Å². The van der Waals surface area contributed by atoms with Crippen molar-refractivity contribution in [3.05, 3.63) is 42.0 Å². The average molecular weight is 324 g/mol. The molecule has 7 nitrogen and oxygen atoms in total. The molecule has 0 saturated carbocycles. The molecule has 0 bridgehead atoms. The van der Waals surface area contributed by atoms with Gasteiger partial charge in [0.15, 0.2) is 11.5 Å². The number of phenols is 3. The number of nitrogens with two attached hydrogens (primary N) is 1. The van der Waals surface area contributed by atoms with Crippen LogP contribution in [-0.2, 0) is 0 Å². The average Bonchev–Trinajstić information content (AvgIpc) is 2.43. The number of benzene rings is 2. The molecular weight excluding hydrogens is 310 g/mol. The summed E-state index contributed by atoms with van der Waals surface area (Å²) in [6, 6.07) is 8.25. The maximum atomic E-state index is 10.5. The Balaban J connectivity index is 0.00000242. The van der Waals surface area contributed by atoms with Crippen LogP contribution in [0.25, 0.3) is 11.1 Å². The molecule has 2 rings (SSSR count). The lowest BCUT2D eigenvalue weighted by Crippen LogP contribution is -2.24. The summed E-state index contributed by atoms with van der Waals surface area (Å²) >= 11 is 0. The van der Waals surface area contributed by atoms with E-state index in [9.17, 15) is 20.1 Å². The fraction of sp³-hybridized carbons (Fsp3) is 0. The third-order valence-corrected chi connectivity index (χ3v) is 2.71. The minimum Gasteiger partial charge on any atom is -0.507 e. The molecule has 116 valence electrons. The smallest absolute Gasteiger partial charge is 0.332 e. The molecule has 2 amide bonds. The lowest BCUT2D eigenvalue weighted by molar-refractivity contribution is 0.249. The number of hydrogen-bond acceptors (Lipinski definition) is 5. The molecule has 0 radical (unpaired) electrons. The molecule has 8 heteroatoms. The second kappa shape index (κ2) is 7.19. The molecule has 6 N–H and O–H groups in total. The number of halogens is 1. The minimum atomic E-state index is -0.814. The lowest BCUT2D eigenvalue weighted by Gasteiger charge is -2.06. The molecule has 0 fully saturated rings. The molecule has 2 aromatic carbocycles. The van der Waals surface area contributed by atoms with Crippen LogP contribution >= 0.6 is 12.4 Å². The number of hydrazone groups is 1. The Morgan fingerprint density at radius 2 is 1.59 bits per heavy atom. The fourth-order valence-electron chi connectivity index (χ4n) is 1.71. The van der Waals surface area contributed by atoms with Crippen LogP contribution in [0.2, 0.25) is 0 Å². The number of urea groups is 1. The van der Waals surface area contributed by atoms with E-state index in [2.05, 4.69) is 5.10 Å². The summed E-state index contributed by atoms with van der Waals surface area (Å²) < 4.78 is 0. The molecule has 0 aliphatic carbocycles. The first-order valence-corrected chi connectivity index (χ1v) is 5.91. The predicted octanol–water partition coefficient (Wildman–Crippen LogP) is 1.89. The quantitative estimate of drug-likeness (QED) is 0.335. The van der Waals surface area contributed by atoms with Gasteiger partial charge < -0.3 is 21.1 Å². The number of amides is 2. The van der Waals surface area contributed by atoms with Gasteiger partial charge in [-0.25, -0.2) is 10.2 Å². The number of carbonyl (C=O) groups is 1. The zero-order valence-electron chi connectivity index (χ0n) is 11.2. The third kappa shape index (κ3) is 4.03. The topological polar surface area (TPSA) is 128 Å². The van der Waals surface area contributed by atoms with E-state index in [0.29, 0.717) is 16.7 Å². The number of nitrogens with one attached hydrogen (secondary N) is 1. The maximum Gasteiger partial charge on any atom is 0.332 e. The van der Waals surface area contributed by atoms with Gasteiger partial charge in [-0.1, -0.05) is 12.1 Å². The van der Waals surface area contributed by atoms with Crippen LogP contribution in [0.1, 0.15) is 5.56 Å². The van der Waals surface area contributed by atoms with Crippen molar-refractivity contribution in [1.29, 1.82) is 0 Å². The van der Waals surface area contributed by atoms with Crippen molar-refractivity contribution >= 4 is 24.7 Å². The second-order valence-electron chi connectivity index (χ2n) is 4.21. The molecule has 0 unspecified atom stereocenters. The van der Waals surface area contributed by atoms with Crippen LogP contribution in [0.4, 0.5) is 4.79 Å². The normalized spacial score (nSPS) is 10.2. The van der Waals surface area contributed by atoms with E-state index in [0.717, 1.165) is 0 Å². The molecule has 0 spiro atoms. The highest BCUT2D eigenvalue weighted by Crippen LogP contribution is 2.32. The molecule has 0 heterocycles. The predicted molar refractivity (Wildman–Crippen MR) is 84.4 cm³/mol. The summed E-state index contributed by atoms with van der Waals surface area (Å²) in [7, 11) is 0. The Labute approximate surface area is 132 Å². The van der Waals surface area contributed by atoms with E-state index in [1.165, 1.54) is 24.4 Å². The Kier molecular flexibility index (Phi) is 5.59. The molecular formula is C14H14ClN3O4. The van der Waals surface area contributed by atoms with E-state index >= 15 is 0 Å². The number of nitrogens with zero attached hydrogens (tertiary/aromatic N) is 1. The van der Waals surface area contributed by atoms with Crippen molar-refractivity contribution in [2.24, 2.45) is 10.8 Å². The van der Waals surface area contributed by atoms with Crippen molar-refractivity contribution < 1.29 is 20.1 Å². The largest absolute Gasteiger partial charge is 0.507 e. The fourth-order valence-corrected chi connectivity index (χ4v) is 1.71. The lowest BCUT2D eigenvalue weighted by atomic mass is 10.0. The highest BCUT2D eigenvalue weighted by molar-refractivity contribution is 5.87. The van der Waals surface area contributed by atoms with Crippen LogP contribution in [0.5, 0.6) is 17.2 Å². The van der Waals surface area contributed by atoms with Crippen molar-refractivity contribution in [2.45, 2.75) is 0 Å². The Morgan fingerprint density at radius 3 is 2.18 bits per heavy atom. The monoisotopic (exact) mass is 323 g/mol. The van der Waals surface area contributed by atoms with Crippen LogP contribution < -0.4 is 11.2 Å². The standard InChI is InChI=1S/C14H13N3O4.ClH/c15-14(21)17-16-7-10-5-8(1-3-11(10)18)9-2-4-12(19)13(20)6-9;/h1-7,18-20H,(H3,15,17,21);1H. The first-order valence-electron chi connectivity index (χ1n) is 5.91. The van der Waals surface area contributed by atoms with Crippen molar-refractivity contribution in [3.8, 4) is 28.4 Å². The second-order valence-corrected chi connectivity index (χ2v) is 4.21. The number of rotatable bonds is 3. The summed E-state index contributed by atoms with van der Waals surface area (Å²) in [4.78, 5) is 10.5. The van der Waals surface area contributed by atoms with Gasteiger partial charge in [-0.3, -0.25) is 0 Å². The van der Waals surface area contributed by atoms with Gasteiger partial charge in [0.05, 0.1) is 6.21 Å². The van der Waals surface area contributed by atoms with Crippen LogP contribution in [0.15, 0.2) is 41.5 Å². The maximum absolute atomic E-state index is 10.5. The highest BCUT2D eigenvalue weighted by atomic mass is 35.5. The SMILES string of the molecule is Cl.NC(=O)NN=Cc1cc(-c2ccc(O)c(O)c2)ccc1O. The zero-order chi connectivity index (χ0) is 15.4. The first kappa shape index (κ1) is 17.1. The number of carbonyl (C=O) groups excluding carboxylic acids is 1. The molecule has 2 aromatic rings. The number of hydrogen-bond donors (Lipinski definition) is 5. The molecule has 0 aliphatic rings. The van der Waals surface area contributed by atoms with Gasteiger partial charge in [0.2, 0.25) is 0 Å². The third-order valence-electron chi connectivity index (χ3n) is 2.71. The van der Waals surface area contributed by atoms with E-state index in [1.807, 2.05) is 5.43 Å². The first-order chi connectivity index (χ1) is 9.97. The summed E-state index contributed by atoms with van der Waals surface area (Å²) in [5, 5.41) is 32.1. The zero-order valence-corrected chi connectivity index (χ0v) is 12.0. The molecule has 0 atom stereocenters. The van der Waals surface area contributed by atoms with Crippen molar-refractivity contribution in [1.82, 2.24) is 5.43 Å². The van der Waals surface area contributed by atoms with Gasteiger partial charge in [-0.15, -0.1) is 12.4 Å². The van der Waals surface area contributed by atoms with E-state index in [1.54, 1.807) is 18.2 Å². The highest BCUT2D eigenvalue weighted by Gasteiger charge is 2.06. The van der Waals surface area contributed by atoms with Gasteiger partial charge in [-0.05, 0) is 35.4 Å². The van der Waals surface area contributed by atoms with E-state index < -0.39 is 6.03 Å². The number of aromatic hydroxyl groups is 3. The van der Waals surface area contributed by atoms with Crippen LogP contribution in [0, 0.1) is 0 Å². The van der Waals surface area contributed by atoms with Gasteiger partial charge in [0, 0.05) is 5.56 Å². The summed E-state index contributed by atoms with van der Waals surface area (Å²) in [6.07, 6.45) is 1.24. The van der Waals surface area contributed by atoms with Gasteiger partial charge in [-0.2, -0.15) is 5.10 Å². The van der Waals surface area contributed by atoms with Crippen molar-refractivity contribution in [3.63, 3.8) is 0 Å². The van der Waals surface area contributed by atoms with Crippen molar-refractivity contribution in [2.75, 3.05) is 0 Å². The van der Waals surface area contributed by atoms with Gasteiger partial charge in [0.1, 0.15) is 5.75 Å². The minimum absolute atomic E-state index is 0. The Hall–Kier alpha value is -2.93. The molecule has 0 saturated heterocycles. The van der Waals surface area contributed by atoms with Gasteiger partial charge in [0.25, 0.3) is 0 Å². The molecule has 22 heavy (non-hydrogen) atoms. The number of primary amides is 1. The van der Waals surface area contributed by atoms with Gasteiger partial charge >= 0.3 is 6.03 Å².